The number of alkyl halides is 3. The van der Waals surface area contributed by atoms with E-state index in [0.717, 1.165) is 11.5 Å². The zero-order valence-electron chi connectivity index (χ0n) is 9.53. The first kappa shape index (κ1) is 14.2. The smallest absolute Gasteiger partial charge is 0.396 e. The molecule has 1 rings (SSSR count). The molecule has 0 amide bonds. The van der Waals surface area contributed by atoms with Crippen LogP contribution in [0.5, 0.6) is 0 Å². The first-order valence-corrected chi connectivity index (χ1v) is 5.92. The summed E-state index contributed by atoms with van der Waals surface area (Å²) in [7, 11) is 0. The summed E-state index contributed by atoms with van der Waals surface area (Å²) in [5.74, 6) is -1.10. The standard InChI is InChI=1S/C9H14F3N3OS/c1-6(2)15(4-3-5-16)8-13-7(14-17-8)9(10,11)12/h6,16H,3-5H2,1-2H3. The molecule has 0 aromatic carbocycles. The van der Waals surface area contributed by atoms with Gasteiger partial charge in [-0.1, -0.05) is 0 Å². The minimum atomic E-state index is -4.51. The lowest BCUT2D eigenvalue weighted by Gasteiger charge is -2.25. The molecule has 0 aliphatic carbocycles. The van der Waals surface area contributed by atoms with Gasteiger partial charge in [0.2, 0.25) is 11.0 Å². The second kappa shape index (κ2) is 5.63. The van der Waals surface area contributed by atoms with E-state index >= 15 is 0 Å². The molecule has 0 spiro atoms. The van der Waals surface area contributed by atoms with Crippen LogP contribution in [0, 0.1) is 0 Å². The Morgan fingerprint density at radius 1 is 1.41 bits per heavy atom. The quantitative estimate of drug-likeness (QED) is 0.890. The average molecular weight is 269 g/mol. The van der Waals surface area contributed by atoms with Crippen molar-refractivity contribution >= 4 is 16.7 Å². The number of halogens is 3. The molecule has 1 heterocycles. The highest BCUT2D eigenvalue weighted by Gasteiger charge is 2.36. The summed E-state index contributed by atoms with van der Waals surface area (Å²) in [4.78, 5) is 5.18. The monoisotopic (exact) mass is 269 g/mol. The molecule has 0 saturated carbocycles. The van der Waals surface area contributed by atoms with Crippen LogP contribution in [-0.2, 0) is 6.18 Å². The fourth-order valence-electron chi connectivity index (χ4n) is 1.26. The van der Waals surface area contributed by atoms with Crippen LogP contribution in [0.25, 0.3) is 0 Å². The molecule has 0 aliphatic rings. The number of aliphatic hydroxyl groups excluding tert-OH is 1. The number of hydrogen-bond acceptors (Lipinski definition) is 5. The van der Waals surface area contributed by atoms with Crippen molar-refractivity contribution in [1.82, 2.24) is 9.36 Å². The van der Waals surface area contributed by atoms with Crippen molar-refractivity contribution < 1.29 is 18.3 Å². The maximum atomic E-state index is 12.3. The van der Waals surface area contributed by atoms with Gasteiger partial charge in [0.15, 0.2) is 0 Å². The summed E-state index contributed by atoms with van der Waals surface area (Å²) in [6, 6.07) is 0.00980. The molecule has 1 aromatic heterocycles. The van der Waals surface area contributed by atoms with E-state index in [1.54, 1.807) is 4.90 Å². The highest BCUT2D eigenvalue weighted by Crippen LogP contribution is 2.30. The van der Waals surface area contributed by atoms with Gasteiger partial charge in [0.05, 0.1) is 0 Å². The van der Waals surface area contributed by atoms with E-state index in [4.69, 9.17) is 5.11 Å². The topological polar surface area (TPSA) is 49.2 Å². The SMILES string of the molecule is CC(C)N(CCCO)c1nc(C(F)(F)F)ns1. The number of nitrogens with zero attached hydrogens (tertiary/aromatic N) is 3. The van der Waals surface area contributed by atoms with Gasteiger partial charge in [0, 0.05) is 30.7 Å². The summed E-state index contributed by atoms with van der Waals surface area (Å²) in [6.07, 6.45) is -4.02. The van der Waals surface area contributed by atoms with Crippen LogP contribution < -0.4 is 4.90 Å². The lowest BCUT2D eigenvalue weighted by Crippen LogP contribution is -2.32. The lowest BCUT2D eigenvalue weighted by atomic mass is 10.3. The van der Waals surface area contributed by atoms with Crippen LogP contribution in [0.4, 0.5) is 18.3 Å². The van der Waals surface area contributed by atoms with Crippen LogP contribution in [0.3, 0.4) is 0 Å². The second-order valence-electron chi connectivity index (χ2n) is 3.76. The second-order valence-corrected chi connectivity index (χ2v) is 4.49. The Hall–Kier alpha value is -0.890. The lowest BCUT2D eigenvalue weighted by molar-refractivity contribution is -0.144. The van der Waals surface area contributed by atoms with Crippen LogP contribution in [-0.4, -0.2) is 33.7 Å². The van der Waals surface area contributed by atoms with Crippen LogP contribution >= 0.6 is 11.5 Å². The molecule has 4 nitrogen and oxygen atoms in total. The average Bonchev–Trinajstić information content (AvgIpc) is 2.66. The molecule has 0 atom stereocenters. The number of hydrogen-bond donors (Lipinski definition) is 1. The number of aliphatic hydroxyl groups is 1. The first-order chi connectivity index (χ1) is 7.86. The van der Waals surface area contributed by atoms with E-state index in [-0.39, 0.29) is 17.8 Å². The van der Waals surface area contributed by atoms with E-state index in [0.29, 0.717) is 13.0 Å². The van der Waals surface area contributed by atoms with Crippen LogP contribution in [0.15, 0.2) is 0 Å². The Bertz CT molecular complexity index is 354. The van der Waals surface area contributed by atoms with Gasteiger partial charge in [-0.3, -0.25) is 0 Å². The maximum absolute atomic E-state index is 12.3. The minimum Gasteiger partial charge on any atom is -0.396 e. The molecular formula is C9H14F3N3OS. The van der Waals surface area contributed by atoms with Gasteiger partial charge in [-0.2, -0.15) is 22.5 Å². The van der Waals surface area contributed by atoms with Crippen molar-refractivity contribution in [3.63, 3.8) is 0 Å². The third kappa shape index (κ3) is 3.81. The van der Waals surface area contributed by atoms with E-state index in [2.05, 4.69) is 9.36 Å². The van der Waals surface area contributed by atoms with Crippen molar-refractivity contribution in [2.45, 2.75) is 32.5 Å². The highest BCUT2D eigenvalue weighted by molar-refractivity contribution is 7.09. The molecule has 0 saturated heterocycles. The summed E-state index contributed by atoms with van der Waals surface area (Å²) in [5.41, 5.74) is 0. The Balaban J connectivity index is 2.84. The Labute approximate surface area is 101 Å². The number of aromatic nitrogens is 2. The zero-order chi connectivity index (χ0) is 13.1. The molecule has 0 unspecified atom stereocenters. The summed E-state index contributed by atoms with van der Waals surface area (Å²) >= 11 is 0.726. The van der Waals surface area contributed by atoms with E-state index in [9.17, 15) is 13.2 Å². The van der Waals surface area contributed by atoms with Crippen molar-refractivity contribution in [3.05, 3.63) is 5.82 Å². The third-order valence-corrected chi connectivity index (χ3v) is 2.85. The molecule has 0 fully saturated rings. The molecule has 98 valence electrons. The van der Waals surface area contributed by atoms with Crippen molar-refractivity contribution in [2.75, 3.05) is 18.1 Å². The molecule has 0 aliphatic heterocycles. The largest absolute Gasteiger partial charge is 0.452 e. The normalized spacial score (nSPS) is 12.2. The first-order valence-electron chi connectivity index (χ1n) is 5.14. The zero-order valence-corrected chi connectivity index (χ0v) is 10.3. The van der Waals surface area contributed by atoms with Crippen molar-refractivity contribution in [2.24, 2.45) is 0 Å². The van der Waals surface area contributed by atoms with Crippen LogP contribution in [0.2, 0.25) is 0 Å². The Morgan fingerprint density at radius 3 is 2.47 bits per heavy atom. The fraction of sp³-hybridized carbons (Fsp3) is 0.778. The van der Waals surface area contributed by atoms with Crippen molar-refractivity contribution in [3.8, 4) is 0 Å². The van der Waals surface area contributed by atoms with E-state index in [1.807, 2.05) is 13.8 Å². The Kier molecular flexibility index (Phi) is 4.70. The van der Waals surface area contributed by atoms with Gasteiger partial charge < -0.3 is 10.0 Å². The van der Waals surface area contributed by atoms with Crippen LogP contribution in [0.1, 0.15) is 26.1 Å². The summed E-state index contributed by atoms with van der Waals surface area (Å²) in [5, 5.41) is 8.98. The molecule has 1 aromatic rings. The summed E-state index contributed by atoms with van der Waals surface area (Å²) < 4.78 is 40.3. The van der Waals surface area contributed by atoms with Gasteiger partial charge in [-0.15, -0.1) is 0 Å². The third-order valence-electron chi connectivity index (χ3n) is 2.10. The summed E-state index contributed by atoms with van der Waals surface area (Å²) in [6.45, 7) is 4.16. The predicted molar refractivity (Wildman–Crippen MR) is 59.1 cm³/mol. The molecule has 17 heavy (non-hydrogen) atoms. The number of rotatable bonds is 5. The molecule has 8 heteroatoms. The fourth-order valence-corrected chi connectivity index (χ4v) is 2.11. The Morgan fingerprint density at radius 2 is 2.06 bits per heavy atom. The van der Waals surface area contributed by atoms with Crippen molar-refractivity contribution in [1.29, 1.82) is 0 Å². The number of anilines is 1. The molecule has 0 bridgehead atoms. The predicted octanol–water partition coefficient (Wildman–Crippen LogP) is 2.15. The van der Waals surface area contributed by atoms with Gasteiger partial charge in [0.25, 0.3) is 0 Å². The van der Waals surface area contributed by atoms with E-state index in [1.165, 1.54) is 0 Å². The minimum absolute atomic E-state index is 0.00580. The van der Waals surface area contributed by atoms with E-state index < -0.39 is 12.0 Å². The molecule has 0 radical (unpaired) electrons. The van der Waals surface area contributed by atoms with Gasteiger partial charge in [-0.25, -0.2) is 0 Å². The van der Waals surface area contributed by atoms with Gasteiger partial charge in [0.1, 0.15) is 0 Å². The highest BCUT2D eigenvalue weighted by atomic mass is 32.1. The van der Waals surface area contributed by atoms with Gasteiger partial charge >= 0.3 is 6.18 Å². The molecular weight excluding hydrogens is 255 g/mol. The molecule has 1 N–H and O–H groups in total. The van der Waals surface area contributed by atoms with Gasteiger partial charge in [-0.05, 0) is 20.3 Å². The maximum Gasteiger partial charge on any atom is 0.452 e.